The molecule has 1 aromatic carbocycles. The summed E-state index contributed by atoms with van der Waals surface area (Å²) in [6.07, 6.45) is 0.810. The zero-order valence-electron chi connectivity index (χ0n) is 10.2. The molecule has 6 heteroatoms. The van der Waals surface area contributed by atoms with Gasteiger partial charge in [0.1, 0.15) is 5.75 Å². The molecule has 0 radical (unpaired) electrons. The molecule has 0 spiro atoms. The standard InChI is InChI=1S/C13H14N2O3S/c14-8-11-7-12(15(16)17)1-2-13(11)18-5-3-10-4-6-19-9-10/h1-2,4,6-7,9H,3,5,8,14H2. The van der Waals surface area contributed by atoms with E-state index in [2.05, 4.69) is 5.38 Å². The van der Waals surface area contributed by atoms with E-state index >= 15 is 0 Å². The Bertz CT molecular complexity index is 555. The van der Waals surface area contributed by atoms with Crippen LogP contribution in [0.1, 0.15) is 11.1 Å². The molecule has 0 aliphatic heterocycles. The molecule has 0 bridgehead atoms. The van der Waals surface area contributed by atoms with Crippen molar-refractivity contribution in [1.29, 1.82) is 0 Å². The molecule has 100 valence electrons. The number of ether oxygens (including phenoxy) is 1. The summed E-state index contributed by atoms with van der Waals surface area (Å²) in [5.74, 6) is 0.614. The Morgan fingerprint density at radius 3 is 2.84 bits per heavy atom. The predicted octanol–water partition coefficient (Wildman–Crippen LogP) is 2.74. The first-order chi connectivity index (χ1) is 9.20. The second-order valence-corrected chi connectivity index (χ2v) is 4.76. The lowest BCUT2D eigenvalue weighted by Crippen LogP contribution is -2.06. The first kappa shape index (κ1) is 13.5. The Morgan fingerprint density at radius 1 is 1.37 bits per heavy atom. The molecule has 0 aliphatic carbocycles. The third kappa shape index (κ3) is 3.52. The normalized spacial score (nSPS) is 10.4. The highest BCUT2D eigenvalue weighted by molar-refractivity contribution is 7.07. The van der Waals surface area contributed by atoms with Crippen LogP contribution in [0.25, 0.3) is 0 Å². The highest BCUT2D eigenvalue weighted by atomic mass is 32.1. The number of non-ortho nitro benzene ring substituents is 1. The monoisotopic (exact) mass is 278 g/mol. The van der Waals surface area contributed by atoms with Crippen LogP contribution in [0, 0.1) is 10.1 Å². The fourth-order valence-corrected chi connectivity index (χ4v) is 2.40. The first-order valence-electron chi connectivity index (χ1n) is 5.82. The fourth-order valence-electron chi connectivity index (χ4n) is 1.69. The van der Waals surface area contributed by atoms with E-state index in [4.69, 9.17) is 10.5 Å². The molecule has 5 nitrogen and oxygen atoms in total. The number of nitro benzene ring substituents is 1. The maximum Gasteiger partial charge on any atom is 0.270 e. The van der Waals surface area contributed by atoms with Gasteiger partial charge in [-0.2, -0.15) is 11.3 Å². The van der Waals surface area contributed by atoms with Crippen LogP contribution < -0.4 is 10.5 Å². The summed E-state index contributed by atoms with van der Waals surface area (Å²) in [6.45, 7) is 0.747. The van der Waals surface area contributed by atoms with Gasteiger partial charge < -0.3 is 10.5 Å². The topological polar surface area (TPSA) is 78.4 Å². The molecule has 2 rings (SSSR count). The SMILES string of the molecule is NCc1cc([N+](=O)[O-])ccc1OCCc1ccsc1. The van der Waals surface area contributed by atoms with Crippen LogP contribution in [0.3, 0.4) is 0 Å². The summed E-state index contributed by atoms with van der Waals surface area (Å²) in [5, 5.41) is 14.8. The second kappa shape index (κ2) is 6.31. The molecule has 19 heavy (non-hydrogen) atoms. The average Bonchev–Trinajstić information content (AvgIpc) is 2.92. The van der Waals surface area contributed by atoms with E-state index in [1.807, 2.05) is 11.4 Å². The molecule has 0 unspecified atom stereocenters. The maximum atomic E-state index is 10.7. The van der Waals surface area contributed by atoms with Gasteiger partial charge in [-0.25, -0.2) is 0 Å². The van der Waals surface area contributed by atoms with Crippen LogP contribution in [-0.2, 0) is 13.0 Å². The van der Waals surface area contributed by atoms with Gasteiger partial charge in [0.15, 0.2) is 0 Å². The van der Waals surface area contributed by atoms with Crippen LogP contribution in [0.5, 0.6) is 5.75 Å². The second-order valence-electron chi connectivity index (χ2n) is 3.98. The van der Waals surface area contributed by atoms with Crippen molar-refractivity contribution in [2.75, 3.05) is 6.61 Å². The zero-order valence-corrected chi connectivity index (χ0v) is 11.1. The summed E-state index contributed by atoms with van der Waals surface area (Å²) in [4.78, 5) is 10.2. The van der Waals surface area contributed by atoms with Crippen molar-refractivity contribution in [3.63, 3.8) is 0 Å². The van der Waals surface area contributed by atoms with Crippen molar-refractivity contribution >= 4 is 17.0 Å². The van der Waals surface area contributed by atoms with Crippen LogP contribution in [0.2, 0.25) is 0 Å². The Balaban J connectivity index is 2.01. The van der Waals surface area contributed by atoms with E-state index < -0.39 is 4.92 Å². The van der Waals surface area contributed by atoms with E-state index in [-0.39, 0.29) is 12.2 Å². The lowest BCUT2D eigenvalue weighted by atomic mass is 10.2. The van der Waals surface area contributed by atoms with Gasteiger partial charge in [-0.1, -0.05) is 0 Å². The molecular weight excluding hydrogens is 264 g/mol. The van der Waals surface area contributed by atoms with Gasteiger partial charge >= 0.3 is 0 Å². The molecule has 0 fully saturated rings. The minimum Gasteiger partial charge on any atom is -0.493 e. The molecule has 0 saturated carbocycles. The number of nitro groups is 1. The van der Waals surface area contributed by atoms with E-state index in [1.165, 1.54) is 17.7 Å². The van der Waals surface area contributed by atoms with Gasteiger partial charge in [-0.3, -0.25) is 10.1 Å². The van der Waals surface area contributed by atoms with Crippen molar-refractivity contribution < 1.29 is 9.66 Å². The number of benzene rings is 1. The van der Waals surface area contributed by atoms with Crippen LogP contribution in [0.15, 0.2) is 35.0 Å². The molecule has 0 atom stereocenters. The number of hydrogen-bond acceptors (Lipinski definition) is 5. The maximum absolute atomic E-state index is 10.7. The third-order valence-corrected chi connectivity index (χ3v) is 3.44. The number of nitrogens with two attached hydrogens (primary N) is 1. The molecule has 0 saturated heterocycles. The summed E-state index contributed by atoms with van der Waals surface area (Å²) in [5.41, 5.74) is 7.49. The van der Waals surface area contributed by atoms with Gasteiger partial charge in [0, 0.05) is 30.7 Å². The molecular formula is C13H14N2O3S. The minimum absolute atomic E-state index is 0.0330. The number of thiophene rings is 1. The molecule has 1 heterocycles. The summed E-state index contributed by atoms with van der Waals surface area (Å²) in [7, 11) is 0. The highest BCUT2D eigenvalue weighted by Crippen LogP contribution is 2.24. The van der Waals surface area contributed by atoms with Crippen molar-refractivity contribution in [1.82, 2.24) is 0 Å². The van der Waals surface area contributed by atoms with Crippen LogP contribution in [0.4, 0.5) is 5.69 Å². The van der Waals surface area contributed by atoms with E-state index in [1.54, 1.807) is 17.4 Å². The first-order valence-corrected chi connectivity index (χ1v) is 6.76. The van der Waals surface area contributed by atoms with Crippen molar-refractivity contribution in [2.24, 2.45) is 5.73 Å². The molecule has 2 aromatic rings. The quantitative estimate of drug-likeness (QED) is 0.651. The third-order valence-electron chi connectivity index (χ3n) is 2.70. The average molecular weight is 278 g/mol. The Labute approximate surface area is 114 Å². The molecule has 1 aromatic heterocycles. The van der Waals surface area contributed by atoms with Gasteiger partial charge in [-0.05, 0) is 28.5 Å². The smallest absolute Gasteiger partial charge is 0.270 e. The Morgan fingerprint density at radius 2 is 2.21 bits per heavy atom. The van der Waals surface area contributed by atoms with E-state index in [9.17, 15) is 10.1 Å². The van der Waals surface area contributed by atoms with Crippen molar-refractivity contribution in [3.8, 4) is 5.75 Å². The summed E-state index contributed by atoms with van der Waals surface area (Å²) < 4.78 is 5.64. The molecule has 0 aliphatic rings. The fraction of sp³-hybridized carbons (Fsp3) is 0.231. The lowest BCUT2D eigenvalue weighted by molar-refractivity contribution is -0.384. The van der Waals surface area contributed by atoms with Crippen molar-refractivity contribution in [3.05, 3.63) is 56.3 Å². The lowest BCUT2D eigenvalue weighted by Gasteiger charge is -2.09. The van der Waals surface area contributed by atoms with Crippen LogP contribution >= 0.6 is 11.3 Å². The number of nitrogens with zero attached hydrogens (tertiary/aromatic N) is 1. The highest BCUT2D eigenvalue weighted by Gasteiger charge is 2.10. The summed E-state index contributed by atoms with van der Waals surface area (Å²) in [6, 6.07) is 6.54. The number of rotatable bonds is 6. The Hall–Kier alpha value is -1.92. The van der Waals surface area contributed by atoms with Crippen LogP contribution in [-0.4, -0.2) is 11.5 Å². The largest absolute Gasteiger partial charge is 0.493 e. The van der Waals surface area contributed by atoms with Crippen molar-refractivity contribution in [2.45, 2.75) is 13.0 Å². The minimum atomic E-state index is -0.436. The van der Waals surface area contributed by atoms with E-state index in [0.29, 0.717) is 17.9 Å². The Kier molecular flexibility index (Phi) is 4.48. The molecule has 2 N–H and O–H groups in total. The van der Waals surface area contributed by atoms with E-state index in [0.717, 1.165) is 6.42 Å². The van der Waals surface area contributed by atoms with Gasteiger partial charge in [0.2, 0.25) is 0 Å². The van der Waals surface area contributed by atoms with Gasteiger partial charge in [0.25, 0.3) is 5.69 Å². The zero-order chi connectivity index (χ0) is 13.7. The van der Waals surface area contributed by atoms with Gasteiger partial charge in [0.05, 0.1) is 11.5 Å². The van der Waals surface area contributed by atoms with Gasteiger partial charge in [-0.15, -0.1) is 0 Å². The summed E-state index contributed by atoms with van der Waals surface area (Å²) >= 11 is 1.65. The molecule has 0 amide bonds. The number of hydrogen-bond donors (Lipinski definition) is 1. The predicted molar refractivity (Wildman–Crippen MR) is 74.5 cm³/mol.